The molecule has 3 aromatic heterocycles. The molecule has 4 rings (SSSR count). The predicted molar refractivity (Wildman–Crippen MR) is 105 cm³/mol. The Hall–Kier alpha value is -2.64. The molecule has 1 saturated heterocycles. The monoisotopic (exact) mass is 383 g/mol. The molecule has 0 saturated carbocycles. The maximum atomic E-state index is 12.6. The van der Waals surface area contributed by atoms with E-state index in [1.165, 1.54) is 0 Å². The number of rotatable bonds is 3. The van der Waals surface area contributed by atoms with Crippen molar-refractivity contribution < 1.29 is 18.7 Å². The number of nitrogens with zero attached hydrogens (tertiary/aromatic N) is 3. The summed E-state index contributed by atoms with van der Waals surface area (Å²) in [6.07, 6.45) is 1.44. The van der Waals surface area contributed by atoms with Gasteiger partial charge in [0.1, 0.15) is 11.3 Å². The van der Waals surface area contributed by atoms with Gasteiger partial charge in [0.15, 0.2) is 17.3 Å². The minimum Gasteiger partial charge on any atom is -0.454 e. The van der Waals surface area contributed by atoms with Crippen molar-refractivity contribution in [2.24, 2.45) is 0 Å². The highest BCUT2D eigenvalue weighted by atomic mass is 16.7. The SMILES string of the molecule is CC(=O)N(c1c(-c2ccc(C3OCCO3)o2)nc2cc(C)ccn12)C(C)(C)C. The van der Waals surface area contributed by atoms with Crippen LogP contribution in [0, 0.1) is 6.92 Å². The first kappa shape index (κ1) is 18.7. The minimum absolute atomic E-state index is 0.0645. The molecular formula is C21H25N3O4. The third kappa shape index (κ3) is 3.21. The highest BCUT2D eigenvalue weighted by molar-refractivity contribution is 5.96. The fourth-order valence-electron chi connectivity index (χ4n) is 3.58. The van der Waals surface area contributed by atoms with E-state index in [0.29, 0.717) is 36.2 Å². The highest BCUT2D eigenvalue weighted by Crippen LogP contribution is 2.38. The van der Waals surface area contributed by atoms with Crippen LogP contribution in [-0.4, -0.2) is 34.0 Å². The maximum absolute atomic E-state index is 12.6. The van der Waals surface area contributed by atoms with Crippen molar-refractivity contribution in [3.05, 3.63) is 41.8 Å². The second kappa shape index (κ2) is 6.76. The summed E-state index contributed by atoms with van der Waals surface area (Å²) in [6, 6.07) is 7.66. The van der Waals surface area contributed by atoms with Gasteiger partial charge >= 0.3 is 0 Å². The fourth-order valence-corrected chi connectivity index (χ4v) is 3.58. The number of pyridine rings is 1. The predicted octanol–water partition coefficient (Wildman–Crippen LogP) is 4.10. The van der Waals surface area contributed by atoms with Gasteiger partial charge in [0.05, 0.1) is 13.2 Å². The zero-order valence-electron chi connectivity index (χ0n) is 16.9. The van der Waals surface area contributed by atoms with Crippen LogP contribution in [0.2, 0.25) is 0 Å². The number of hydrogen-bond acceptors (Lipinski definition) is 5. The van der Waals surface area contributed by atoms with Crippen LogP contribution in [0.15, 0.2) is 34.9 Å². The molecule has 0 aromatic carbocycles. The largest absolute Gasteiger partial charge is 0.454 e. The first-order valence-corrected chi connectivity index (χ1v) is 9.38. The highest BCUT2D eigenvalue weighted by Gasteiger charge is 2.33. The first-order chi connectivity index (χ1) is 13.3. The van der Waals surface area contributed by atoms with Gasteiger partial charge in [-0.05, 0) is 57.5 Å². The van der Waals surface area contributed by atoms with E-state index in [4.69, 9.17) is 18.9 Å². The summed E-state index contributed by atoms with van der Waals surface area (Å²) in [4.78, 5) is 19.2. The van der Waals surface area contributed by atoms with Crippen molar-refractivity contribution in [1.29, 1.82) is 0 Å². The lowest BCUT2D eigenvalue weighted by molar-refractivity contribution is -0.117. The first-order valence-electron chi connectivity index (χ1n) is 9.38. The zero-order chi connectivity index (χ0) is 20.1. The van der Waals surface area contributed by atoms with E-state index in [9.17, 15) is 4.79 Å². The van der Waals surface area contributed by atoms with Gasteiger partial charge in [0.2, 0.25) is 12.2 Å². The van der Waals surface area contributed by atoms with Gasteiger partial charge in [-0.1, -0.05) is 0 Å². The Morgan fingerprint density at radius 1 is 1.21 bits per heavy atom. The third-order valence-electron chi connectivity index (χ3n) is 4.67. The van der Waals surface area contributed by atoms with Crippen LogP contribution in [0.4, 0.5) is 5.82 Å². The Balaban J connectivity index is 1.91. The molecule has 1 aliphatic heterocycles. The number of ether oxygens (including phenoxy) is 2. The molecular weight excluding hydrogens is 358 g/mol. The number of furan rings is 1. The molecule has 0 spiro atoms. The summed E-state index contributed by atoms with van der Waals surface area (Å²) in [6.45, 7) is 10.7. The number of carbonyl (C=O) groups is 1. The third-order valence-corrected chi connectivity index (χ3v) is 4.67. The van der Waals surface area contributed by atoms with Crippen molar-refractivity contribution in [2.75, 3.05) is 18.1 Å². The van der Waals surface area contributed by atoms with Crippen LogP contribution in [0.3, 0.4) is 0 Å². The van der Waals surface area contributed by atoms with E-state index in [2.05, 4.69) is 0 Å². The van der Waals surface area contributed by atoms with Crippen molar-refractivity contribution in [2.45, 2.75) is 46.4 Å². The molecule has 1 aliphatic rings. The molecule has 7 nitrogen and oxygen atoms in total. The lowest BCUT2D eigenvalue weighted by atomic mass is 10.1. The van der Waals surface area contributed by atoms with E-state index in [1.54, 1.807) is 11.8 Å². The van der Waals surface area contributed by atoms with E-state index in [-0.39, 0.29) is 5.91 Å². The molecule has 4 heterocycles. The number of imidazole rings is 1. The van der Waals surface area contributed by atoms with Gasteiger partial charge in [-0.25, -0.2) is 4.98 Å². The summed E-state index contributed by atoms with van der Waals surface area (Å²) in [7, 11) is 0. The Labute approximate surface area is 163 Å². The van der Waals surface area contributed by atoms with Crippen LogP contribution >= 0.6 is 0 Å². The fraction of sp³-hybridized carbons (Fsp3) is 0.429. The summed E-state index contributed by atoms with van der Waals surface area (Å²) >= 11 is 0. The molecule has 1 fully saturated rings. The van der Waals surface area contributed by atoms with Gasteiger partial charge < -0.3 is 13.9 Å². The van der Waals surface area contributed by atoms with Crippen molar-refractivity contribution in [3.63, 3.8) is 0 Å². The van der Waals surface area contributed by atoms with Crippen LogP contribution in [0.5, 0.6) is 0 Å². The summed E-state index contributed by atoms with van der Waals surface area (Å²) in [5.74, 6) is 1.78. The Morgan fingerprint density at radius 2 is 1.93 bits per heavy atom. The van der Waals surface area contributed by atoms with Gasteiger partial charge in [0.25, 0.3) is 0 Å². The van der Waals surface area contributed by atoms with Crippen LogP contribution in [-0.2, 0) is 14.3 Å². The molecule has 0 aliphatic carbocycles. The standard InChI is InChI=1S/C21H25N3O4/c1-13-8-9-23-17(12-13)22-18(19(23)24(14(2)25)21(3,4)5)15-6-7-16(28-15)20-26-10-11-27-20/h6-9,12,20H,10-11H2,1-5H3. The van der Waals surface area contributed by atoms with Crippen molar-refractivity contribution in [1.82, 2.24) is 9.38 Å². The van der Waals surface area contributed by atoms with Gasteiger partial charge in [0, 0.05) is 18.7 Å². The normalized spacial score (nSPS) is 15.5. The molecule has 1 amide bonds. The molecule has 28 heavy (non-hydrogen) atoms. The van der Waals surface area contributed by atoms with Crippen molar-refractivity contribution >= 4 is 17.4 Å². The molecule has 0 atom stereocenters. The van der Waals surface area contributed by atoms with Gasteiger partial charge in [-0.2, -0.15) is 0 Å². The lowest BCUT2D eigenvalue weighted by Gasteiger charge is -2.34. The number of aryl methyl sites for hydroxylation is 1. The maximum Gasteiger partial charge on any atom is 0.225 e. The van der Waals surface area contributed by atoms with Crippen LogP contribution in [0.1, 0.15) is 45.3 Å². The second-order valence-electron chi connectivity index (χ2n) is 8.02. The lowest BCUT2D eigenvalue weighted by Crippen LogP contribution is -2.45. The van der Waals surface area contributed by atoms with Gasteiger partial charge in [-0.15, -0.1) is 0 Å². The average molecular weight is 383 g/mol. The Morgan fingerprint density at radius 3 is 2.57 bits per heavy atom. The Bertz CT molecular complexity index is 1020. The van der Waals surface area contributed by atoms with Crippen LogP contribution < -0.4 is 4.90 Å². The van der Waals surface area contributed by atoms with Crippen LogP contribution in [0.25, 0.3) is 17.1 Å². The summed E-state index contributed by atoms with van der Waals surface area (Å²) in [5, 5.41) is 0. The number of fused-ring (bicyclic) bond motifs is 1. The van der Waals surface area contributed by atoms with Gasteiger partial charge in [-0.3, -0.25) is 14.1 Å². The number of carbonyl (C=O) groups excluding carboxylic acids is 1. The molecule has 0 radical (unpaired) electrons. The summed E-state index contributed by atoms with van der Waals surface area (Å²) in [5.41, 5.74) is 2.02. The minimum atomic E-state index is -0.497. The molecule has 0 unspecified atom stereocenters. The zero-order valence-corrected chi connectivity index (χ0v) is 16.9. The number of hydrogen-bond donors (Lipinski definition) is 0. The second-order valence-corrected chi connectivity index (χ2v) is 8.02. The number of aromatic nitrogens is 2. The quantitative estimate of drug-likeness (QED) is 0.681. The van der Waals surface area contributed by atoms with E-state index in [0.717, 1.165) is 11.2 Å². The molecule has 0 N–H and O–H groups in total. The van der Waals surface area contributed by atoms with E-state index < -0.39 is 11.8 Å². The van der Waals surface area contributed by atoms with E-state index in [1.807, 2.05) is 62.6 Å². The number of amides is 1. The summed E-state index contributed by atoms with van der Waals surface area (Å²) < 4.78 is 19.0. The van der Waals surface area contributed by atoms with E-state index >= 15 is 0 Å². The molecule has 148 valence electrons. The molecule has 3 aromatic rings. The Kier molecular flexibility index (Phi) is 4.51. The van der Waals surface area contributed by atoms with Crippen molar-refractivity contribution in [3.8, 4) is 11.5 Å². The average Bonchev–Trinajstić information content (AvgIpc) is 3.32. The molecule has 0 bridgehead atoms. The smallest absolute Gasteiger partial charge is 0.225 e. The topological polar surface area (TPSA) is 69.2 Å². The molecule has 7 heteroatoms. The number of anilines is 1.